The fraction of sp³-hybridized carbons (Fsp3) is 0.296. The van der Waals surface area contributed by atoms with Gasteiger partial charge in [-0.2, -0.15) is 18.4 Å². The summed E-state index contributed by atoms with van der Waals surface area (Å²) in [5, 5.41) is 20.8. The van der Waals surface area contributed by atoms with Crippen LogP contribution in [0.1, 0.15) is 32.3 Å². The van der Waals surface area contributed by atoms with Crippen molar-refractivity contribution >= 4 is 29.6 Å². The average molecular weight is 559 g/mol. The van der Waals surface area contributed by atoms with Gasteiger partial charge in [0.1, 0.15) is 0 Å². The minimum atomic E-state index is -4.69. The SMILES string of the molecule is C=C/C(C#N)=C\C=C(/CCCNC(C)=O)[C@@H]1C(C(=O)OC)=C(C)N(c2cccc(C(F)(F)F)c2)C(=N)N1C(N)=O. The summed E-state index contributed by atoms with van der Waals surface area (Å²) >= 11 is 0. The number of primary amides is 1. The lowest BCUT2D eigenvalue weighted by molar-refractivity contribution is -0.138. The molecule has 10 nitrogen and oxygen atoms in total. The Bertz CT molecular complexity index is 1340. The molecule has 1 aliphatic heterocycles. The van der Waals surface area contributed by atoms with Crippen LogP contribution in [0, 0.1) is 16.7 Å². The molecule has 0 aliphatic carbocycles. The van der Waals surface area contributed by atoms with Gasteiger partial charge in [-0.3, -0.25) is 20.0 Å². The van der Waals surface area contributed by atoms with Crippen LogP contribution in [0.5, 0.6) is 0 Å². The Morgan fingerprint density at radius 2 is 1.98 bits per heavy atom. The van der Waals surface area contributed by atoms with Crippen LogP contribution < -0.4 is 16.0 Å². The summed E-state index contributed by atoms with van der Waals surface area (Å²) in [5.74, 6) is -1.80. The number of hydrogen-bond acceptors (Lipinski definition) is 6. The van der Waals surface area contributed by atoms with Gasteiger partial charge in [-0.25, -0.2) is 9.59 Å². The number of hydrogen-bond donors (Lipinski definition) is 3. The van der Waals surface area contributed by atoms with E-state index >= 15 is 0 Å². The van der Waals surface area contributed by atoms with Crippen LogP contribution in [0.3, 0.4) is 0 Å². The van der Waals surface area contributed by atoms with E-state index in [0.29, 0.717) is 12.0 Å². The van der Waals surface area contributed by atoms with E-state index in [0.717, 1.165) is 35.1 Å². The van der Waals surface area contributed by atoms with E-state index in [-0.39, 0.29) is 41.4 Å². The lowest BCUT2D eigenvalue weighted by Gasteiger charge is -2.43. The van der Waals surface area contributed by atoms with Crippen LogP contribution in [0.2, 0.25) is 0 Å². The van der Waals surface area contributed by atoms with Gasteiger partial charge < -0.3 is 15.8 Å². The van der Waals surface area contributed by atoms with Crippen molar-refractivity contribution in [3.63, 3.8) is 0 Å². The van der Waals surface area contributed by atoms with E-state index in [4.69, 9.17) is 15.9 Å². The van der Waals surface area contributed by atoms with Crippen molar-refractivity contribution in [2.75, 3.05) is 18.6 Å². The van der Waals surface area contributed by atoms with Crippen LogP contribution in [-0.2, 0) is 20.5 Å². The number of amides is 3. The number of nitriles is 1. The second kappa shape index (κ2) is 13.3. The van der Waals surface area contributed by atoms with Gasteiger partial charge in [-0.15, -0.1) is 0 Å². The monoisotopic (exact) mass is 558 g/mol. The summed E-state index contributed by atoms with van der Waals surface area (Å²) in [4.78, 5) is 39.0. The number of urea groups is 1. The number of carbonyl (C=O) groups is 3. The van der Waals surface area contributed by atoms with E-state index in [1.807, 2.05) is 6.07 Å². The second-order valence-electron chi connectivity index (χ2n) is 8.57. The standard InChI is InChI=1S/C27H29F3N6O4/c1-5-18(15-31)11-12-19(8-7-13-34-17(3)37)23-22(24(38)40-4)16(2)35(25(32)36(23)26(33)39)21-10-6-9-20(14-21)27(28,29)30/h5-6,9-12,14,23,32H,1,7-8,13H2,2-4H3,(H2,33,39)(H,34,37)/b18-11+,19-12+,32-25?/t23-/m1/s1. The number of esters is 1. The number of methoxy groups -OCH3 is 1. The summed E-state index contributed by atoms with van der Waals surface area (Å²) in [5.41, 5.74) is 4.89. The molecule has 40 heavy (non-hydrogen) atoms. The second-order valence-corrected chi connectivity index (χ2v) is 8.57. The van der Waals surface area contributed by atoms with Crippen LogP contribution in [0.15, 0.2) is 71.5 Å². The molecule has 0 bridgehead atoms. The predicted octanol–water partition coefficient (Wildman–Crippen LogP) is 4.14. The molecule has 0 radical (unpaired) electrons. The Morgan fingerprint density at radius 1 is 1.30 bits per heavy atom. The summed E-state index contributed by atoms with van der Waals surface area (Å²) in [7, 11) is 1.09. The molecule has 0 spiro atoms. The average Bonchev–Trinajstić information content (AvgIpc) is 2.89. The molecular formula is C27H29F3N6O4. The zero-order valence-corrected chi connectivity index (χ0v) is 22.1. The van der Waals surface area contributed by atoms with Crippen molar-refractivity contribution < 1.29 is 32.3 Å². The van der Waals surface area contributed by atoms with E-state index in [2.05, 4.69) is 11.9 Å². The molecule has 1 atom stereocenters. The van der Waals surface area contributed by atoms with Gasteiger partial charge >= 0.3 is 18.2 Å². The number of carbonyl (C=O) groups excluding carboxylic acids is 3. The van der Waals surface area contributed by atoms with Crippen molar-refractivity contribution in [3.05, 3.63) is 77.1 Å². The molecular weight excluding hydrogens is 529 g/mol. The van der Waals surface area contributed by atoms with Gasteiger partial charge in [0.05, 0.1) is 35.9 Å². The van der Waals surface area contributed by atoms with Crippen LogP contribution in [0.25, 0.3) is 0 Å². The number of nitrogens with one attached hydrogen (secondary N) is 2. The van der Waals surface area contributed by atoms with Gasteiger partial charge in [0, 0.05) is 24.9 Å². The number of benzene rings is 1. The van der Waals surface area contributed by atoms with E-state index in [1.54, 1.807) is 0 Å². The molecule has 0 saturated carbocycles. The molecule has 1 aromatic rings. The lowest BCUT2D eigenvalue weighted by atomic mass is 9.89. The van der Waals surface area contributed by atoms with Gasteiger partial charge in [-0.1, -0.05) is 24.8 Å². The normalized spacial score (nSPS) is 16.4. The number of halogens is 3. The maximum atomic E-state index is 13.5. The maximum absolute atomic E-state index is 13.5. The molecule has 1 aromatic carbocycles. The molecule has 1 heterocycles. The van der Waals surface area contributed by atoms with Gasteiger partial charge in [0.2, 0.25) is 11.9 Å². The van der Waals surface area contributed by atoms with Gasteiger partial charge in [-0.05, 0) is 49.6 Å². The summed E-state index contributed by atoms with van der Waals surface area (Å²) in [6.07, 6.45) is -0.0481. The highest BCUT2D eigenvalue weighted by molar-refractivity contribution is 6.10. The summed E-state index contributed by atoms with van der Waals surface area (Å²) in [6, 6.07) is 3.50. The topological polar surface area (TPSA) is 153 Å². The molecule has 2 rings (SSSR count). The first-order valence-corrected chi connectivity index (χ1v) is 11.9. The third kappa shape index (κ3) is 7.16. The lowest BCUT2D eigenvalue weighted by Crippen LogP contribution is -2.59. The molecule has 3 amide bonds. The first-order chi connectivity index (χ1) is 18.8. The minimum Gasteiger partial charge on any atom is -0.466 e. The zero-order valence-electron chi connectivity index (χ0n) is 22.1. The van der Waals surface area contributed by atoms with Crippen LogP contribution in [0.4, 0.5) is 23.7 Å². The van der Waals surface area contributed by atoms with Crippen molar-refractivity contribution in [1.29, 1.82) is 10.7 Å². The quantitative estimate of drug-likeness (QED) is 0.179. The number of ether oxygens (including phenoxy) is 1. The van der Waals surface area contributed by atoms with Crippen molar-refractivity contribution in [1.82, 2.24) is 10.2 Å². The Morgan fingerprint density at radius 3 is 2.50 bits per heavy atom. The molecule has 1 aliphatic rings. The third-order valence-electron chi connectivity index (χ3n) is 5.96. The highest BCUT2D eigenvalue weighted by Crippen LogP contribution is 2.38. The maximum Gasteiger partial charge on any atom is 0.416 e. The van der Waals surface area contributed by atoms with Crippen LogP contribution >= 0.6 is 0 Å². The smallest absolute Gasteiger partial charge is 0.416 e. The highest BCUT2D eigenvalue weighted by Gasteiger charge is 2.44. The van der Waals surface area contributed by atoms with Crippen molar-refractivity contribution in [2.24, 2.45) is 5.73 Å². The number of alkyl halides is 3. The van der Waals surface area contributed by atoms with E-state index < -0.39 is 35.7 Å². The molecule has 13 heteroatoms. The van der Waals surface area contributed by atoms with E-state index in [1.165, 1.54) is 38.1 Å². The minimum absolute atomic E-state index is 0.0274. The first kappa shape index (κ1) is 31.4. The number of rotatable bonds is 9. The largest absolute Gasteiger partial charge is 0.466 e. The van der Waals surface area contributed by atoms with Gasteiger partial charge in [0.15, 0.2) is 0 Å². The first-order valence-electron chi connectivity index (χ1n) is 11.9. The molecule has 0 aromatic heterocycles. The fourth-order valence-corrected chi connectivity index (χ4v) is 4.14. The third-order valence-corrected chi connectivity index (χ3v) is 5.96. The number of allylic oxidation sites excluding steroid dienone is 5. The molecule has 0 fully saturated rings. The van der Waals surface area contributed by atoms with Crippen LogP contribution in [-0.4, -0.2) is 48.5 Å². The summed E-state index contributed by atoms with van der Waals surface area (Å²) < 4.78 is 45.3. The highest BCUT2D eigenvalue weighted by atomic mass is 19.4. The number of nitrogens with two attached hydrogens (primary N) is 1. The molecule has 0 unspecified atom stereocenters. The van der Waals surface area contributed by atoms with E-state index in [9.17, 15) is 32.8 Å². The van der Waals surface area contributed by atoms with Crippen molar-refractivity contribution in [2.45, 2.75) is 38.9 Å². The molecule has 4 N–H and O–H groups in total. The Hall–Kier alpha value is -4.86. The zero-order chi connectivity index (χ0) is 30.2. The molecule has 212 valence electrons. The van der Waals surface area contributed by atoms with Gasteiger partial charge in [0.25, 0.3) is 0 Å². The number of anilines is 1. The summed E-state index contributed by atoms with van der Waals surface area (Å²) in [6.45, 7) is 6.53. The molecule has 0 saturated heterocycles. The Balaban J connectivity index is 2.84. The Labute approximate surface area is 229 Å². The number of guanidine groups is 1. The number of nitrogens with zero attached hydrogens (tertiary/aromatic N) is 3. The predicted molar refractivity (Wildman–Crippen MR) is 141 cm³/mol. The van der Waals surface area contributed by atoms with Crippen molar-refractivity contribution in [3.8, 4) is 6.07 Å². The fourth-order valence-electron chi connectivity index (χ4n) is 4.14. The Kier molecular flexibility index (Phi) is 10.4.